The molecule has 0 amide bonds. The SMILES string of the molecule is O=[N+]([O-])c1cccc(CNC2CCCCC2)c1F. The Kier molecular flexibility index (Phi) is 4.25. The molecule has 1 fully saturated rings. The monoisotopic (exact) mass is 252 g/mol. The average Bonchev–Trinajstić information content (AvgIpc) is 2.38. The minimum atomic E-state index is -0.717. The number of nitro groups is 1. The summed E-state index contributed by atoms with van der Waals surface area (Å²) in [5.41, 5.74) is -0.0762. The number of benzene rings is 1. The lowest BCUT2D eigenvalue weighted by Crippen LogP contribution is -2.30. The Balaban J connectivity index is 2.00. The van der Waals surface area contributed by atoms with Crippen molar-refractivity contribution in [3.05, 3.63) is 39.7 Å². The standard InChI is InChI=1S/C13H17FN2O2/c14-13-10(5-4-8-12(13)16(17)18)9-15-11-6-2-1-3-7-11/h4-5,8,11,15H,1-3,6-7,9H2. The second-order valence-electron chi connectivity index (χ2n) is 4.72. The molecular formula is C13H17FN2O2. The predicted octanol–water partition coefficient (Wildman–Crippen LogP) is 3.16. The Bertz CT molecular complexity index is 431. The van der Waals surface area contributed by atoms with E-state index in [1.54, 1.807) is 6.07 Å². The molecule has 1 aromatic carbocycles. The van der Waals surface area contributed by atoms with Crippen LogP contribution in [0.1, 0.15) is 37.7 Å². The van der Waals surface area contributed by atoms with Crippen LogP contribution in [0.3, 0.4) is 0 Å². The van der Waals surface area contributed by atoms with Crippen molar-refractivity contribution < 1.29 is 9.31 Å². The lowest BCUT2D eigenvalue weighted by molar-refractivity contribution is -0.387. The Morgan fingerprint density at radius 3 is 2.72 bits per heavy atom. The van der Waals surface area contributed by atoms with Gasteiger partial charge in [0.2, 0.25) is 5.82 Å². The van der Waals surface area contributed by atoms with Gasteiger partial charge >= 0.3 is 5.69 Å². The van der Waals surface area contributed by atoms with Gasteiger partial charge in [0, 0.05) is 24.2 Å². The molecule has 0 spiro atoms. The number of nitrogens with zero attached hydrogens (tertiary/aromatic N) is 1. The van der Waals surface area contributed by atoms with E-state index in [0.29, 0.717) is 18.2 Å². The van der Waals surface area contributed by atoms with Crippen LogP contribution in [0.2, 0.25) is 0 Å². The van der Waals surface area contributed by atoms with E-state index < -0.39 is 16.4 Å². The summed E-state index contributed by atoms with van der Waals surface area (Å²) in [6.07, 6.45) is 5.89. The highest BCUT2D eigenvalue weighted by Crippen LogP contribution is 2.21. The van der Waals surface area contributed by atoms with Crippen LogP contribution in [0.15, 0.2) is 18.2 Å². The highest BCUT2D eigenvalue weighted by Gasteiger charge is 2.18. The molecule has 1 aliphatic rings. The summed E-state index contributed by atoms with van der Waals surface area (Å²) in [6, 6.07) is 4.73. The fourth-order valence-corrected chi connectivity index (χ4v) is 2.40. The van der Waals surface area contributed by atoms with Crippen LogP contribution in [0.4, 0.5) is 10.1 Å². The lowest BCUT2D eigenvalue weighted by Gasteiger charge is -2.22. The van der Waals surface area contributed by atoms with Gasteiger partial charge in [-0.1, -0.05) is 31.4 Å². The third kappa shape index (κ3) is 3.04. The Morgan fingerprint density at radius 2 is 2.06 bits per heavy atom. The second kappa shape index (κ2) is 5.91. The second-order valence-corrected chi connectivity index (χ2v) is 4.72. The predicted molar refractivity (Wildman–Crippen MR) is 66.8 cm³/mol. The highest BCUT2D eigenvalue weighted by atomic mass is 19.1. The molecule has 0 aliphatic heterocycles. The molecular weight excluding hydrogens is 235 g/mol. The molecule has 18 heavy (non-hydrogen) atoms. The summed E-state index contributed by atoms with van der Waals surface area (Å²) in [5, 5.41) is 13.9. The van der Waals surface area contributed by atoms with E-state index in [1.807, 2.05) is 0 Å². The maximum atomic E-state index is 13.8. The summed E-state index contributed by atoms with van der Waals surface area (Å²) < 4.78 is 13.8. The van der Waals surface area contributed by atoms with Crippen molar-refractivity contribution in [1.82, 2.24) is 5.32 Å². The van der Waals surface area contributed by atoms with Gasteiger partial charge in [-0.15, -0.1) is 0 Å². The van der Waals surface area contributed by atoms with E-state index in [4.69, 9.17) is 0 Å². The largest absolute Gasteiger partial charge is 0.310 e. The first kappa shape index (κ1) is 13.0. The first-order valence-electron chi connectivity index (χ1n) is 6.33. The number of hydrogen-bond acceptors (Lipinski definition) is 3. The molecule has 0 bridgehead atoms. The molecule has 5 heteroatoms. The van der Waals surface area contributed by atoms with Crippen LogP contribution in [0, 0.1) is 15.9 Å². The molecule has 0 heterocycles. The lowest BCUT2D eigenvalue weighted by atomic mass is 9.95. The van der Waals surface area contributed by atoms with Gasteiger partial charge in [0.1, 0.15) is 0 Å². The molecule has 1 aromatic rings. The van der Waals surface area contributed by atoms with E-state index >= 15 is 0 Å². The van der Waals surface area contributed by atoms with Crippen molar-refractivity contribution in [3.63, 3.8) is 0 Å². The van der Waals surface area contributed by atoms with Gasteiger partial charge in [0.25, 0.3) is 0 Å². The van der Waals surface area contributed by atoms with Gasteiger partial charge in [-0.2, -0.15) is 4.39 Å². The van der Waals surface area contributed by atoms with Gasteiger partial charge < -0.3 is 5.32 Å². The molecule has 0 atom stereocenters. The van der Waals surface area contributed by atoms with Crippen molar-refractivity contribution in [1.29, 1.82) is 0 Å². The van der Waals surface area contributed by atoms with Gasteiger partial charge in [0.05, 0.1) is 4.92 Å². The third-order valence-corrected chi connectivity index (χ3v) is 3.44. The van der Waals surface area contributed by atoms with E-state index in [9.17, 15) is 14.5 Å². The molecule has 0 unspecified atom stereocenters. The van der Waals surface area contributed by atoms with Crippen molar-refractivity contribution in [2.24, 2.45) is 0 Å². The molecule has 4 nitrogen and oxygen atoms in total. The van der Waals surface area contributed by atoms with Crippen LogP contribution < -0.4 is 5.32 Å². The van der Waals surface area contributed by atoms with Crippen molar-refractivity contribution in [2.45, 2.75) is 44.7 Å². The summed E-state index contributed by atoms with van der Waals surface area (Å²) in [7, 11) is 0. The minimum Gasteiger partial charge on any atom is -0.310 e. The summed E-state index contributed by atoms with van der Waals surface area (Å²) in [6.45, 7) is 0.359. The maximum Gasteiger partial charge on any atom is 0.305 e. The number of rotatable bonds is 4. The molecule has 1 saturated carbocycles. The van der Waals surface area contributed by atoms with Crippen LogP contribution in [0.25, 0.3) is 0 Å². The van der Waals surface area contributed by atoms with Crippen LogP contribution >= 0.6 is 0 Å². The number of halogens is 1. The number of hydrogen-bond donors (Lipinski definition) is 1. The first-order chi connectivity index (χ1) is 8.68. The zero-order valence-electron chi connectivity index (χ0n) is 10.2. The molecule has 1 aliphatic carbocycles. The number of nitrogens with one attached hydrogen (secondary N) is 1. The Hall–Kier alpha value is -1.49. The first-order valence-corrected chi connectivity index (χ1v) is 6.33. The Labute approximate surface area is 105 Å². The molecule has 0 saturated heterocycles. The van der Waals surface area contributed by atoms with Gasteiger partial charge in [-0.05, 0) is 12.8 Å². The average molecular weight is 252 g/mol. The Morgan fingerprint density at radius 1 is 1.33 bits per heavy atom. The fraction of sp³-hybridized carbons (Fsp3) is 0.538. The zero-order valence-corrected chi connectivity index (χ0v) is 10.2. The topological polar surface area (TPSA) is 55.2 Å². The van der Waals surface area contributed by atoms with Crippen LogP contribution in [0.5, 0.6) is 0 Å². The van der Waals surface area contributed by atoms with Gasteiger partial charge in [-0.3, -0.25) is 10.1 Å². The van der Waals surface area contributed by atoms with E-state index in [-0.39, 0.29) is 0 Å². The molecule has 98 valence electrons. The fourth-order valence-electron chi connectivity index (χ4n) is 2.40. The summed E-state index contributed by atoms with van der Waals surface area (Å²) >= 11 is 0. The van der Waals surface area contributed by atoms with Crippen molar-refractivity contribution in [2.75, 3.05) is 0 Å². The van der Waals surface area contributed by atoms with Gasteiger partial charge in [-0.25, -0.2) is 0 Å². The summed E-state index contributed by atoms with van der Waals surface area (Å²) in [5.74, 6) is -0.717. The molecule has 2 rings (SSSR count). The molecule has 1 N–H and O–H groups in total. The maximum absolute atomic E-state index is 13.8. The third-order valence-electron chi connectivity index (χ3n) is 3.44. The molecule has 0 aromatic heterocycles. The molecule has 0 radical (unpaired) electrons. The van der Waals surface area contributed by atoms with Crippen LogP contribution in [-0.4, -0.2) is 11.0 Å². The quantitative estimate of drug-likeness (QED) is 0.661. The summed E-state index contributed by atoms with van der Waals surface area (Å²) in [4.78, 5) is 9.94. The van der Waals surface area contributed by atoms with E-state index in [1.165, 1.54) is 31.4 Å². The van der Waals surface area contributed by atoms with E-state index in [2.05, 4.69) is 5.32 Å². The van der Waals surface area contributed by atoms with Crippen molar-refractivity contribution >= 4 is 5.69 Å². The smallest absolute Gasteiger partial charge is 0.305 e. The normalized spacial score (nSPS) is 16.7. The minimum absolute atomic E-state index is 0.359. The zero-order chi connectivity index (χ0) is 13.0. The van der Waals surface area contributed by atoms with Gasteiger partial charge in [0.15, 0.2) is 0 Å². The van der Waals surface area contributed by atoms with Crippen molar-refractivity contribution in [3.8, 4) is 0 Å². The highest BCUT2D eigenvalue weighted by molar-refractivity contribution is 5.36. The number of nitro benzene ring substituents is 1. The van der Waals surface area contributed by atoms with E-state index in [0.717, 1.165) is 12.8 Å². The van der Waals surface area contributed by atoms with Crippen LogP contribution in [-0.2, 0) is 6.54 Å².